The second kappa shape index (κ2) is 5.92. The highest BCUT2D eigenvalue weighted by atomic mass is 16.5. The molecule has 2 aromatic heterocycles. The Labute approximate surface area is 146 Å². The fourth-order valence-corrected chi connectivity index (χ4v) is 4.87. The molecule has 0 spiro atoms. The summed E-state index contributed by atoms with van der Waals surface area (Å²) in [4.78, 5) is 9.17. The molecule has 0 amide bonds. The molecule has 25 heavy (non-hydrogen) atoms. The molecule has 3 aliphatic carbocycles. The van der Waals surface area contributed by atoms with Crippen molar-refractivity contribution in [1.29, 1.82) is 0 Å². The summed E-state index contributed by atoms with van der Waals surface area (Å²) in [6, 6.07) is -0.0681. The van der Waals surface area contributed by atoms with Crippen LogP contribution in [0.15, 0.2) is 12.4 Å². The van der Waals surface area contributed by atoms with Crippen molar-refractivity contribution in [3.8, 4) is 0 Å². The van der Waals surface area contributed by atoms with Gasteiger partial charge in [-0.05, 0) is 50.9 Å². The normalized spacial score (nSPS) is 35.2. The average molecular weight is 343 g/mol. The lowest BCUT2D eigenvalue weighted by Crippen LogP contribution is -2.42. The summed E-state index contributed by atoms with van der Waals surface area (Å²) in [5, 5.41) is 18.1. The molecule has 1 aliphatic heterocycles. The monoisotopic (exact) mass is 343 g/mol. The highest BCUT2D eigenvalue weighted by Crippen LogP contribution is 2.51. The van der Waals surface area contributed by atoms with Crippen molar-refractivity contribution in [2.45, 2.75) is 62.5 Å². The van der Waals surface area contributed by atoms with Gasteiger partial charge in [0.2, 0.25) is 5.95 Å². The minimum absolute atomic E-state index is 0.0681. The SMILES string of the molecule is O[C@@H]1COCC[C@H]1Nc1ncc2cnc(C34CCC(CC3)CC4)n2n1. The lowest BCUT2D eigenvalue weighted by Gasteiger charge is -2.45. The Hall–Kier alpha value is -1.73. The van der Waals surface area contributed by atoms with E-state index < -0.39 is 6.10 Å². The quantitative estimate of drug-likeness (QED) is 0.886. The molecule has 6 rings (SSSR count). The van der Waals surface area contributed by atoms with Crippen LogP contribution in [-0.4, -0.2) is 50.0 Å². The number of nitrogens with one attached hydrogen (secondary N) is 1. The van der Waals surface area contributed by atoms with E-state index in [2.05, 4.69) is 10.3 Å². The fourth-order valence-electron chi connectivity index (χ4n) is 4.87. The summed E-state index contributed by atoms with van der Waals surface area (Å²) in [6.07, 6.45) is 11.6. The zero-order chi connectivity index (χ0) is 16.9. The largest absolute Gasteiger partial charge is 0.389 e. The van der Waals surface area contributed by atoms with E-state index in [0.29, 0.717) is 19.2 Å². The highest BCUT2D eigenvalue weighted by Gasteiger charge is 2.44. The molecule has 3 heterocycles. The molecule has 0 unspecified atom stereocenters. The Kier molecular flexibility index (Phi) is 3.67. The fraction of sp³-hybridized carbons (Fsp3) is 0.722. The van der Waals surface area contributed by atoms with Gasteiger partial charge in [-0.3, -0.25) is 0 Å². The Morgan fingerprint density at radius 2 is 1.88 bits per heavy atom. The summed E-state index contributed by atoms with van der Waals surface area (Å²) >= 11 is 0. The smallest absolute Gasteiger partial charge is 0.241 e. The van der Waals surface area contributed by atoms with Crippen LogP contribution in [0.5, 0.6) is 0 Å². The Bertz CT molecular complexity index is 754. The van der Waals surface area contributed by atoms with Gasteiger partial charge in [-0.15, -0.1) is 5.10 Å². The zero-order valence-corrected chi connectivity index (χ0v) is 14.4. The number of nitrogens with zero attached hydrogens (tertiary/aromatic N) is 4. The maximum atomic E-state index is 10.1. The van der Waals surface area contributed by atoms with Crippen molar-refractivity contribution < 1.29 is 9.84 Å². The van der Waals surface area contributed by atoms with Crippen molar-refractivity contribution in [2.75, 3.05) is 18.5 Å². The first-order chi connectivity index (χ1) is 12.2. The molecule has 7 nitrogen and oxygen atoms in total. The van der Waals surface area contributed by atoms with Crippen LogP contribution in [0, 0.1) is 5.92 Å². The Morgan fingerprint density at radius 3 is 2.64 bits per heavy atom. The van der Waals surface area contributed by atoms with Crippen molar-refractivity contribution in [3.63, 3.8) is 0 Å². The van der Waals surface area contributed by atoms with Gasteiger partial charge in [0, 0.05) is 12.0 Å². The summed E-state index contributed by atoms with van der Waals surface area (Å²) in [6.45, 7) is 1.01. The third kappa shape index (κ3) is 2.60. The Balaban J connectivity index is 1.47. The number of rotatable bonds is 3. The van der Waals surface area contributed by atoms with E-state index >= 15 is 0 Å². The molecular weight excluding hydrogens is 318 g/mol. The molecule has 2 aromatic rings. The van der Waals surface area contributed by atoms with Crippen LogP contribution in [0.4, 0.5) is 5.95 Å². The van der Waals surface area contributed by atoms with Gasteiger partial charge in [-0.2, -0.15) is 0 Å². The molecule has 4 fully saturated rings. The predicted octanol–water partition coefficient (Wildman–Crippen LogP) is 1.91. The van der Waals surface area contributed by atoms with Crippen molar-refractivity contribution in [3.05, 3.63) is 18.2 Å². The number of aromatic nitrogens is 4. The van der Waals surface area contributed by atoms with Gasteiger partial charge < -0.3 is 15.2 Å². The van der Waals surface area contributed by atoms with E-state index in [4.69, 9.17) is 14.8 Å². The van der Waals surface area contributed by atoms with Gasteiger partial charge in [0.15, 0.2) is 0 Å². The number of hydrogen-bond donors (Lipinski definition) is 2. The van der Waals surface area contributed by atoms with Crippen LogP contribution in [-0.2, 0) is 10.2 Å². The summed E-state index contributed by atoms with van der Waals surface area (Å²) in [7, 11) is 0. The third-order valence-corrected chi connectivity index (χ3v) is 6.49. The van der Waals surface area contributed by atoms with E-state index in [1.165, 1.54) is 38.5 Å². The van der Waals surface area contributed by atoms with E-state index in [1.54, 1.807) is 0 Å². The van der Waals surface area contributed by atoms with E-state index in [-0.39, 0.29) is 11.5 Å². The molecule has 0 radical (unpaired) electrons. The molecule has 2 atom stereocenters. The average Bonchev–Trinajstić information content (AvgIpc) is 3.09. The molecule has 3 saturated carbocycles. The molecule has 0 aromatic carbocycles. The van der Waals surface area contributed by atoms with Crippen LogP contribution < -0.4 is 5.32 Å². The molecule has 2 bridgehead atoms. The van der Waals surface area contributed by atoms with Crippen LogP contribution in [0.1, 0.15) is 50.8 Å². The second-order valence-corrected chi connectivity index (χ2v) is 7.94. The summed E-state index contributed by atoms with van der Waals surface area (Å²) < 4.78 is 7.27. The summed E-state index contributed by atoms with van der Waals surface area (Å²) in [5.74, 6) is 2.58. The van der Waals surface area contributed by atoms with E-state index in [9.17, 15) is 5.11 Å². The number of hydrogen-bond acceptors (Lipinski definition) is 6. The molecule has 1 saturated heterocycles. The minimum atomic E-state index is -0.525. The van der Waals surface area contributed by atoms with Gasteiger partial charge in [-0.25, -0.2) is 14.5 Å². The van der Waals surface area contributed by atoms with Gasteiger partial charge in [0.1, 0.15) is 11.3 Å². The van der Waals surface area contributed by atoms with Crippen LogP contribution >= 0.6 is 0 Å². The third-order valence-electron chi connectivity index (χ3n) is 6.49. The van der Waals surface area contributed by atoms with Crippen LogP contribution in [0.25, 0.3) is 5.52 Å². The molecular formula is C18H25N5O2. The number of imidazole rings is 1. The number of fused-ring (bicyclic) bond motifs is 4. The molecule has 4 aliphatic rings. The van der Waals surface area contributed by atoms with Crippen LogP contribution in [0.2, 0.25) is 0 Å². The van der Waals surface area contributed by atoms with Crippen molar-refractivity contribution in [2.24, 2.45) is 5.92 Å². The van der Waals surface area contributed by atoms with E-state index in [0.717, 1.165) is 23.7 Å². The standard InChI is InChI=1S/C18H25N5O2/c24-15-11-25-8-4-14(15)21-17-20-10-13-9-19-16(23(13)22-17)18-5-1-12(2-6-18)3-7-18/h9-10,12,14-15,24H,1-8,11H2,(H,21,22)/t12?,14-,15-,18?/m1/s1. The van der Waals surface area contributed by atoms with Crippen molar-refractivity contribution in [1.82, 2.24) is 19.6 Å². The van der Waals surface area contributed by atoms with Crippen LogP contribution in [0.3, 0.4) is 0 Å². The van der Waals surface area contributed by atoms with Gasteiger partial charge in [0.05, 0.1) is 31.1 Å². The number of aliphatic hydroxyl groups excluding tert-OH is 1. The highest BCUT2D eigenvalue weighted by molar-refractivity contribution is 5.45. The molecule has 2 N–H and O–H groups in total. The number of anilines is 1. The first-order valence-electron chi connectivity index (χ1n) is 9.47. The first kappa shape index (κ1) is 15.5. The summed E-state index contributed by atoms with van der Waals surface area (Å²) in [5.41, 5.74) is 1.13. The van der Waals surface area contributed by atoms with Gasteiger partial charge in [-0.1, -0.05) is 0 Å². The second-order valence-electron chi connectivity index (χ2n) is 7.94. The first-order valence-corrected chi connectivity index (χ1v) is 9.47. The molecule has 134 valence electrons. The lowest BCUT2D eigenvalue weighted by molar-refractivity contribution is -0.0136. The topological polar surface area (TPSA) is 84.6 Å². The zero-order valence-electron chi connectivity index (χ0n) is 14.4. The maximum absolute atomic E-state index is 10.1. The van der Waals surface area contributed by atoms with E-state index in [1.807, 2.05) is 16.9 Å². The molecule has 7 heteroatoms. The predicted molar refractivity (Wildman–Crippen MR) is 92.5 cm³/mol. The van der Waals surface area contributed by atoms with Crippen molar-refractivity contribution >= 4 is 11.5 Å². The Morgan fingerprint density at radius 1 is 1.12 bits per heavy atom. The van der Waals surface area contributed by atoms with Gasteiger partial charge in [0.25, 0.3) is 0 Å². The number of aliphatic hydroxyl groups is 1. The van der Waals surface area contributed by atoms with Gasteiger partial charge >= 0.3 is 0 Å². The maximum Gasteiger partial charge on any atom is 0.241 e. The minimum Gasteiger partial charge on any atom is -0.389 e. The lowest BCUT2D eigenvalue weighted by atomic mass is 9.60. The number of ether oxygens (including phenoxy) is 1.